The Bertz CT molecular complexity index is 145. The summed E-state index contributed by atoms with van der Waals surface area (Å²) in [5.74, 6) is -1.25. The molecule has 0 heterocycles. The molecular weight excluding hydrogens is 132 g/mol. The zero-order valence-electron chi connectivity index (χ0n) is 5.83. The fraction of sp³-hybridized carbons (Fsp3) is 0.500. The second-order valence-electron chi connectivity index (χ2n) is 2.15. The first kappa shape index (κ1) is 8.94. The summed E-state index contributed by atoms with van der Waals surface area (Å²) in [5, 5.41) is 0. The zero-order chi connectivity index (χ0) is 8.15. The Hall–Kier alpha value is -1.06. The Balaban J connectivity index is 3.49. The molecule has 4 nitrogen and oxygen atoms in total. The van der Waals surface area contributed by atoms with Crippen molar-refractivity contribution in [1.29, 1.82) is 0 Å². The fourth-order valence-electron chi connectivity index (χ4n) is 0.409. The molecule has 0 unspecified atom stereocenters. The van der Waals surface area contributed by atoms with E-state index in [0.29, 0.717) is 6.42 Å². The molecule has 0 aromatic rings. The topological polar surface area (TPSA) is 86.2 Å². The average molecular weight is 143 g/mol. The molecule has 0 bridgehead atoms. The Morgan fingerprint density at radius 1 is 1.50 bits per heavy atom. The SMILES string of the molecule is C[C@@H](C[CH]C(N)=O)C(N)=O. The first-order valence-electron chi connectivity index (χ1n) is 2.96. The van der Waals surface area contributed by atoms with Crippen molar-refractivity contribution >= 4 is 11.8 Å². The molecule has 0 aromatic heterocycles. The van der Waals surface area contributed by atoms with Gasteiger partial charge in [0.2, 0.25) is 11.8 Å². The first-order valence-corrected chi connectivity index (χ1v) is 2.96. The van der Waals surface area contributed by atoms with Crippen LogP contribution in [-0.2, 0) is 9.59 Å². The molecule has 0 spiro atoms. The first-order chi connectivity index (χ1) is 4.54. The summed E-state index contributed by atoms with van der Waals surface area (Å²) in [5.41, 5.74) is 9.71. The molecule has 0 aliphatic carbocycles. The van der Waals surface area contributed by atoms with Crippen LogP contribution in [0.3, 0.4) is 0 Å². The smallest absolute Gasteiger partial charge is 0.221 e. The molecule has 0 aromatic carbocycles. The number of rotatable bonds is 4. The number of nitrogens with two attached hydrogens (primary N) is 2. The Kier molecular flexibility index (Phi) is 3.46. The molecular formula is C6H11N2O2. The zero-order valence-corrected chi connectivity index (χ0v) is 5.83. The maximum atomic E-state index is 10.4. The summed E-state index contributed by atoms with van der Waals surface area (Å²) >= 11 is 0. The molecule has 1 radical (unpaired) electrons. The summed E-state index contributed by atoms with van der Waals surface area (Å²) in [6, 6.07) is 0. The molecule has 0 fully saturated rings. The van der Waals surface area contributed by atoms with Gasteiger partial charge in [-0.05, 0) is 6.42 Å². The quantitative estimate of drug-likeness (QED) is 0.539. The van der Waals surface area contributed by atoms with Crippen LogP contribution in [0.2, 0.25) is 0 Å². The van der Waals surface area contributed by atoms with Gasteiger partial charge in [0, 0.05) is 5.92 Å². The minimum Gasteiger partial charge on any atom is -0.369 e. The van der Waals surface area contributed by atoms with Gasteiger partial charge in [0.1, 0.15) is 0 Å². The van der Waals surface area contributed by atoms with E-state index in [1.54, 1.807) is 6.92 Å². The molecule has 0 rings (SSSR count). The largest absolute Gasteiger partial charge is 0.369 e. The van der Waals surface area contributed by atoms with Crippen LogP contribution in [0.1, 0.15) is 13.3 Å². The van der Waals surface area contributed by atoms with Crippen molar-refractivity contribution < 1.29 is 9.59 Å². The van der Waals surface area contributed by atoms with Crippen LogP contribution in [0.25, 0.3) is 0 Å². The number of amides is 2. The van der Waals surface area contributed by atoms with Crippen molar-refractivity contribution in [2.24, 2.45) is 17.4 Å². The number of primary amides is 2. The number of hydrogen-bond donors (Lipinski definition) is 2. The normalized spacial score (nSPS) is 12.5. The molecule has 0 aliphatic rings. The standard InChI is InChI=1S/C6H11N2O2/c1-4(6(8)10)2-3-5(7)9/h3-4H,2H2,1H3,(H2,7,9)(H2,8,10)/t4-/m0/s1. The van der Waals surface area contributed by atoms with Gasteiger partial charge in [-0.15, -0.1) is 0 Å². The van der Waals surface area contributed by atoms with Gasteiger partial charge in [-0.25, -0.2) is 0 Å². The van der Waals surface area contributed by atoms with E-state index in [0.717, 1.165) is 0 Å². The summed E-state index contributed by atoms with van der Waals surface area (Å²) < 4.78 is 0. The van der Waals surface area contributed by atoms with Crippen molar-refractivity contribution in [3.8, 4) is 0 Å². The minimum atomic E-state index is -0.520. The lowest BCUT2D eigenvalue weighted by molar-refractivity contribution is -0.121. The van der Waals surface area contributed by atoms with Gasteiger partial charge in [0.05, 0.1) is 6.42 Å². The van der Waals surface area contributed by atoms with Gasteiger partial charge in [-0.1, -0.05) is 6.92 Å². The van der Waals surface area contributed by atoms with Gasteiger partial charge in [-0.2, -0.15) is 0 Å². The lowest BCUT2D eigenvalue weighted by Crippen LogP contribution is -2.22. The molecule has 2 amide bonds. The highest BCUT2D eigenvalue weighted by Crippen LogP contribution is 2.01. The molecule has 0 aliphatic heterocycles. The second-order valence-corrected chi connectivity index (χ2v) is 2.15. The van der Waals surface area contributed by atoms with Crippen molar-refractivity contribution in [2.45, 2.75) is 13.3 Å². The summed E-state index contributed by atoms with van der Waals surface area (Å²) in [4.78, 5) is 20.5. The lowest BCUT2D eigenvalue weighted by Gasteiger charge is -2.02. The van der Waals surface area contributed by atoms with E-state index in [1.165, 1.54) is 6.42 Å². The summed E-state index contributed by atoms with van der Waals surface area (Å²) in [6.45, 7) is 1.64. The van der Waals surface area contributed by atoms with Crippen LogP contribution in [0, 0.1) is 12.3 Å². The predicted octanol–water partition coefficient (Wildman–Crippen LogP) is -0.813. The monoisotopic (exact) mass is 143 g/mol. The highest BCUT2D eigenvalue weighted by molar-refractivity contribution is 5.84. The van der Waals surface area contributed by atoms with Gasteiger partial charge in [-0.3, -0.25) is 9.59 Å². The number of hydrogen-bond acceptors (Lipinski definition) is 2. The number of carbonyl (C=O) groups excluding carboxylic acids is 2. The number of carbonyl (C=O) groups is 2. The molecule has 4 heteroatoms. The molecule has 0 saturated carbocycles. The van der Waals surface area contributed by atoms with Crippen molar-refractivity contribution in [1.82, 2.24) is 0 Å². The Labute approximate surface area is 59.6 Å². The molecule has 4 N–H and O–H groups in total. The summed E-state index contributed by atoms with van der Waals surface area (Å²) in [7, 11) is 0. The third-order valence-corrected chi connectivity index (χ3v) is 1.16. The van der Waals surface area contributed by atoms with Crippen LogP contribution >= 0.6 is 0 Å². The van der Waals surface area contributed by atoms with E-state index in [2.05, 4.69) is 0 Å². The molecule has 1 atom stereocenters. The van der Waals surface area contributed by atoms with Gasteiger partial charge < -0.3 is 11.5 Å². The molecule has 10 heavy (non-hydrogen) atoms. The van der Waals surface area contributed by atoms with E-state index in [4.69, 9.17) is 11.5 Å². The van der Waals surface area contributed by atoms with Crippen LogP contribution in [-0.4, -0.2) is 11.8 Å². The predicted molar refractivity (Wildman–Crippen MR) is 36.5 cm³/mol. The average Bonchev–Trinajstić information content (AvgIpc) is 1.82. The van der Waals surface area contributed by atoms with Gasteiger partial charge in [0.15, 0.2) is 0 Å². The van der Waals surface area contributed by atoms with Crippen LogP contribution in [0.15, 0.2) is 0 Å². The van der Waals surface area contributed by atoms with E-state index >= 15 is 0 Å². The second kappa shape index (κ2) is 3.87. The highest BCUT2D eigenvalue weighted by Gasteiger charge is 2.09. The fourth-order valence-corrected chi connectivity index (χ4v) is 0.409. The van der Waals surface area contributed by atoms with Crippen molar-refractivity contribution in [3.63, 3.8) is 0 Å². The highest BCUT2D eigenvalue weighted by atomic mass is 16.1. The third-order valence-electron chi connectivity index (χ3n) is 1.16. The van der Waals surface area contributed by atoms with Crippen molar-refractivity contribution in [3.05, 3.63) is 6.42 Å². The maximum Gasteiger partial charge on any atom is 0.221 e. The molecule has 57 valence electrons. The van der Waals surface area contributed by atoms with Crippen LogP contribution < -0.4 is 11.5 Å². The van der Waals surface area contributed by atoms with E-state index in [1.807, 2.05) is 0 Å². The van der Waals surface area contributed by atoms with Crippen LogP contribution in [0.5, 0.6) is 0 Å². The lowest BCUT2D eigenvalue weighted by atomic mass is 10.1. The minimum absolute atomic E-state index is 0.313. The van der Waals surface area contributed by atoms with Crippen LogP contribution in [0.4, 0.5) is 0 Å². The van der Waals surface area contributed by atoms with Gasteiger partial charge in [0.25, 0.3) is 0 Å². The molecule has 0 saturated heterocycles. The van der Waals surface area contributed by atoms with E-state index in [-0.39, 0.29) is 5.92 Å². The van der Waals surface area contributed by atoms with E-state index in [9.17, 15) is 9.59 Å². The Morgan fingerprint density at radius 2 is 2.00 bits per heavy atom. The van der Waals surface area contributed by atoms with E-state index < -0.39 is 11.8 Å². The maximum absolute atomic E-state index is 10.4. The van der Waals surface area contributed by atoms with Gasteiger partial charge >= 0.3 is 0 Å². The third kappa shape index (κ3) is 3.88. The van der Waals surface area contributed by atoms with Crippen molar-refractivity contribution in [2.75, 3.05) is 0 Å². The Morgan fingerprint density at radius 3 is 2.30 bits per heavy atom. The summed E-state index contributed by atoms with van der Waals surface area (Å²) in [6.07, 6.45) is 1.57.